The molecule has 0 bridgehead atoms. The lowest BCUT2D eigenvalue weighted by atomic mass is 10.1. The Morgan fingerprint density at radius 1 is 1.22 bits per heavy atom. The van der Waals surface area contributed by atoms with Gasteiger partial charge in [0.15, 0.2) is 0 Å². The van der Waals surface area contributed by atoms with Crippen LogP contribution >= 0.6 is 0 Å². The van der Waals surface area contributed by atoms with E-state index in [4.69, 9.17) is 5.11 Å². The van der Waals surface area contributed by atoms with Crippen LogP contribution in [0.2, 0.25) is 0 Å². The Bertz CT molecular complexity index is 412. The summed E-state index contributed by atoms with van der Waals surface area (Å²) in [5.74, 6) is -0.772. The number of rotatable bonds is 4. The van der Waals surface area contributed by atoms with Crippen molar-refractivity contribution in [3.05, 3.63) is 35.4 Å². The fourth-order valence-electron chi connectivity index (χ4n) is 2.28. The van der Waals surface area contributed by atoms with E-state index in [0.717, 1.165) is 38.3 Å². The molecule has 4 nitrogen and oxygen atoms in total. The molecule has 1 aromatic carbocycles. The van der Waals surface area contributed by atoms with Crippen molar-refractivity contribution in [2.24, 2.45) is 0 Å². The van der Waals surface area contributed by atoms with Gasteiger partial charge < -0.3 is 10.0 Å². The predicted octanol–water partition coefficient (Wildman–Crippen LogP) is 1.06. The van der Waals surface area contributed by atoms with Crippen molar-refractivity contribution in [2.75, 3.05) is 33.2 Å². The van der Waals surface area contributed by atoms with Gasteiger partial charge in [-0.15, -0.1) is 0 Å². The zero-order valence-electron chi connectivity index (χ0n) is 10.8. The second kappa shape index (κ2) is 5.98. The second-order valence-corrected chi connectivity index (χ2v) is 4.97. The Balaban J connectivity index is 1.94. The summed E-state index contributed by atoms with van der Waals surface area (Å²) in [7, 11) is 2.14. The summed E-state index contributed by atoms with van der Waals surface area (Å²) < 4.78 is 0. The van der Waals surface area contributed by atoms with Crippen molar-refractivity contribution in [2.45, 2.75) is 13.0 Å². The number of hydrogen-bond acceptors (Lipinski definition) is 3. The SMILES string of the molecule is CN1CCN(Cc2cccc(CC(=O)O)c2)CC1. The van der Waals surface area contributed by atoms with Crippen molar-refractivity contribution >= 4 is 5.97 Å². The minimum Gasteiger partial charge on any atom is -0.481 e. The fraction of sp³-hybridized carbons (Fsp3) is 0.500. The smallest absolute Gasteiger partial charge is 0.307 e. The van der Waals surface area contributed by atoms with Gasteiger partial charge in [0.1, 0.15) is 0 Å². The molecule has 1 fully saturated rings. The number of aliphatic carboxylic acids is 1. The number of piperazine rings is 1. The number of nitrogens with zero attached hydrogens (tertiary/aromatic N) is 2. The van der Waals surface area contributed by atoms with Gasteiger partial charge in [-0.2, -0.15) is 0 Å². The van der Waals surface area contributed by atoms with Crippen LogP contribution < -0.4 is 0 Å². The van der Waals surface area contributed by atoms with Gasteiger partial charge in [0, 0.05) is 32.7 Å². The molecule has 4 heteroatoms. The standard InChI is InChI=1S/C14H20N2O2/c1-15-5-7-16(8-6-15)11-13-4-2-3-12(9-13)10-14(17)18/h2-4,9H,5-8,10-11H2,1H3,(H,17,18). The van der Waals surface area contributed by atoms with E-state index in [9.17, 15) is 4.79 Å². The number of likely N-dealkylation sites (N-methyl/N-ethyl adjacent to an activating group) is 1. The molecule has 0 unspecified atom stereocenters. The minimum absolute atomic E-state index is 0.108. The van der Waals surface area contributed by atoms with Crippen LogP contribution in [0.25, 0.3) is 0 Å². The molecule has 0 aromatic heterocycles. The van der Waals surface area contributed by atoms with Gasteiger partial charge in [0.25, 0.3) is 0 Å². The van der Waals surface area contributed by atoms with Crippen LogP contribution in [-0.2, 0) is 17.8 Å². The highest BCUT2D eigenvalue weighted by molar-refractivity contribution is 5.70. The van der Waals surface area contributed by atoms with E-state index < -0.39 is 5.97 Å². The van der Waals surface area contributed by atoms with Crippen molar-refractivity contribution in [3.8, 4) is 0 Å². The normalized spacial score (nSPS) is 17.8. The van der Waals surface area contributed by atoms with Gasteiger partial charge in [0.05, 0.1) is 6.42 Å². The Labute approximate surface area is 108 Å². The van der Waals surface area contributed by atoms with Crippen LogP contribution in [0.1, 0.15) is 11.1 Å². The first kappa shape index (κ1) is 13.1. The highest BCUT2D eigenvalue weighted by atomic mass is 16.4. The summed E-state index contributed by atoms with van der Waals surface area (Å²) in [6.07, 6.45) is 0.108. The van der Waals surface area contributed by atoms with Crippen LogP contribution in [0.3, 0.4) is 0 Å². The molecule has 18 heavy (non-hydrogen) atoms. The average molecular weight is 248 g/mol. The van der Waals surface area contributed by atoms with Crippen LogP contribution in [0.5, 0.6) is 0 Å². The molecule has 1 saturated heterocycles. The molecular formula is C14H20N2O2. The van der Waals surface area contributed by atoms with E-state index in [-0.39, 0.29) is 6.42 Å². The van der Waals surface area contributed by atoms with E-state index in [1.54, 1.807) is 0 Å². The number of carboxylic acids is 1. The Morgan fingerprint density at radius 2 is 1.89 bits per heavy atom. The van der Waals surface area contributed by atoms with Crippen LogP contribution in [0.15, 0.2) is 24.3 Å². The second-order valence-electron chi connectivity index (χ2n) is 4.97. The first-order valence-corrected chi connectivity index (χ1v) is 6.34. The Morgan fingerprint density at radius 3 is 2.56 bits per heavy atom. The summed E-state index contributed by atoms with van der Waals surface area (Å²) in [6.45, 7) is 5.30. The summed E-state index contributed by atoms with van der Waals surface area (Å²) in [6, 6.07) is 7.90. The first-order chi connectivity index (χ1) is 8.63. The number of hydrogen-bond donors (Lipinski definition) is 1. The van der Waals surface area contributed by atoms with E-state index in [0.29, 0.717) is 0 Å². The molecular weight excluding hydrogens is 228 g/mol. The molecule has 1 aliphatic rings. The van der Waals surface area contributed by atoms with Gasteiger partial charge in [-0.3, -0.25) is 9.69 Å². The lowest BCUT2D eigenvalue weighted by Gasteiger charge is -2.32. The molecule has 1 aliphatic heterocycles. The molecule has 0 spiro atoms. The van der Waals surface area contributed by atoms with Gasteiger partial charge in [0.2, 0.25) is 0 Å². The van der Waals surface area contributed by atoms with Crippen molar-refractivity contribution in [1.29, 1.82) is 0 Å². The monoisotopic (exact) mass is 248 g/mol. The molecule has 2 rings (SSSR count). The fourth-order valence-corrected chi connectivity index (χ4v) is 2.28. The number of carbonyl (C=O) groups is 1. The highest BCUT2D eigenvalue weighted by Crippen LogP contribution is 2.10. The van der Waals surface area contributed by atoms with Gasteiger partial charge in [-0.05, 0) is 18.2 Å². The summed E-state index contributed by atoms with van der Waals surface area (Å²) in [4.78, 5) is 15.4. The number of carboxylic acid groups (broad SMARTS) is 1. The molecule has 0 aliphatic carbocycles. The third-order valence-electron chi connectivity index (χ3n) is 3.35. The van der Waals surface area contributed by atoms with Crippen LogP contribution in [-0.4, -0.2) is 54.1 Å². The summed E-state index contributed by atoms with van der Waals surface area (Å²) in [5.41, 5.74) is 2.09. The topological polar surface area (TPSA) is 43.8 Å². The molecule has 1 N–H and O–H groups in total. The van der Waals surface area contributed by atoms with Crippen molar-refractivity contribution < 1.29 is 9.90 Å². The van der Waals surface area contributed by atoms with E-state index in [2.05, 4.69) is 22.9 Å². The Hall–Kier alpha value is -1.39. The third-order valence-corrected chi connectivity index (χ3v) is 3.35. The van der Waals surface area contributed by atoms with Crippen molar-refractivity contribution in [1.82, 2.24) is 9.80 Å². The maximum atomic E-state index is 10.7. The largest absolute Gasteiger partial charge is 0.481 e. The summed E-state index contributed by atoms with van der Waals surface area (Å²) >= 11 is 0. The van der Waals surface area contributed by atoms with Crippen LogP contribution in [0.4, 0.5) is 0 Å². The highest BCUT2D eigenvalue weighted by Gasteiger charge is 2.13. The lowest BCUT2D eigenvalue weighted by Crippen LogP contribution is -2.43. The van der Waals surface area contributed by atoms with E-state index >= 15 is 0 Å². The molecule has 1 heterocycles. The van der Waals surface area contributed by atoms with Gasteiger partial charge in [-0.25, -0.2) is 0 Å². The molecule has 0 atom stereocenters. The minimum atomic E-state index is -0.772. The maximum absolute atomic E-state index is 10.7. The van der Waals surface area contributed by atoms with Crippen LogP contribution in [0, 0.1) is 0 Å². The van der Waals surface area contributed by atoms with E-state index in [1.165, 1.54) is 5.56 Å². The third kappa shape index (κ3) is 3.82. The summed E-state index contributed by atoms with van der Waals surface area (Å²) in [5, 5.41) is 8.79. The van der Waals surface area contributed by atoms with Crippen molar-refractivity contribution in [3.63, 3.8) is 0 Å². The lowest BCUT2D eigenvalue weighted by molar-refractivity contribution is -0.136. The van der Waals surface area contributed by atoms with Gasteiger partial charge in [-0.1, -0.05) is 24.3 Å². The zero-order valence-corrected chi connectivity index (χ0v) is 10.8. The molecule has 0 amide bonds. The first-order valence-electron chi connectivity index (χ1n) is 6.34. The maximum Gasteiger partial charge on any atom is 0.307 e. The average Bonchev–Trinajstić information content (AvgIpc) is 2.32. The van der Waals surface area contributed by atoms with E-state index in [1.807, 2.05) is 18.2 Å². The zero-order chi connectivity index (χ0) is 13.0. The Kier molecular flexibility index (Phi) is 4.33. The quantitative estimate of drug-likeness (QED) is 0.865. The number of benzene rings is 1. The molecule has 0 saturated carbocycles. The van der Waals surface area contributed by atoms with Gasteiger partial charge >= 0.3 is 5.97 Å². The molecule has 1 aromatic rings. The molecule has 98 valence electrons. The molecule has 0 radical (unpaired) electrons. The predicted molar refractivity (Wildman–Crippen MR) is 70.6 cm³/mol.